The maximum absolute atomic E-state index is 11.5. The van der Waals surface area contributed by atoms with Crippen molar-refractivity contribution in [3.63, 3.8) is 0 Å². The highest BCUT2D eigenvalue weighted by Crippen LogP contribution is 2.47. The van der Waals surface area contributed by atoms with Crippen molar-refractivity contribution in [3.8, 4) is 0 Å². The Morgan fingerprint density at radius 3 is 2.19 bits per heavy atom. The van der Waals surface area contributed by atoms with Gasteiger partial charge in [-0.05, 0) is 81.7 Å². The third-order valence-corrected chi connectivity index (χ3v) is 8.95. The Balaban J connectivity index is 0. The number of aliphatic hydroxyl groups excluding tert-OH is 1. The summed E-state index contributed by atoms with van der Waals surface area (Å²) in [4.78, 5) is 3.43. The zero-order valence-corrected chi connectivity index (χ0v) is 30.0. The molecule has 1 aromatic carbocycles. The highest BCUT2D eigenvalue weighted by Gasteiger charge is 2.21. The molecule has 0 bridgehead atoms. The molecule has 0 aliphatic carbocycles. The average molecular weight is 628 g/mol. The van der Waals surface area contributed by atoms with Crippen LogP contribution in [0, 0.1) is 12.8 Å². The van der Waals surface area contributed by atoms with Crippen molar-refractivity contribution in [1.29, 1.82) is 0 Å². The molecule has 0 fully saturated rings. The molecular formula is C33H62N3O4PS. The molecule has 0 spiro atoms. The van der Waals surface area contributed by atoms with Crippen molar-refractivity contribution in [2.75, 3.05) is 45.6 Å². The maximum atomic E-state index is 11.5. The fourth-order valence-electron chi connectivity index (χ4n) is 3.88. The number of allylic oxidation sites excluding steroid dienone is 3. The van der Waals surface area contributed by atoms with Crippen LogP contribution in [0.4, 0.5) is 0 Å². The lowest BCUT2D eigenvalue weighted by atomic mass is 10.1. The van der Waals surface area contributed by atoms with Crippen molar-refractivity contribution in [2.24, 2.45) is 17.4 Å². The zero-order valence-electron chi connectivity index (χ0n) is 28.2. The van der Waals surface area contributed by atoms with Gasteiger partial charge in [0.2, 0.25) is 0 Å². The van der Waals surface area contributed by atoms with Crippen LogP contribution in [0.5, 0.6) is 0 Å². The quantitative estimate of drug-likeness (QED) is 0.0847. The molecule has 0 radical (unpaired) electrons. The number of hydrogen-bond donors (Lipinski definition) is 3. The van der Waals surface area contributed by atoms with E-state index in [-0.39, 0.29) is 6.61 Å². The van der Waals surface area contributed by atoms with Crippen LogP contribution in [0.3, 0.4) is 0 Å². The average Bonchev–Trinajstić information content (AvgIpc) is 2.94. The van der Waals surface area contributed by atoms with Gasteiger partial charge in [0.15, 0.2) is 0 Å². The lowest BCUT2D eigenvalue weighted by Gasteiger charge is -2.29. The molecule has 0 heterocycles. The van der Waals surface area contributed by atoms with E-state index in [0.29, 0.717) is 38.4 Å². The van der Waals surface area contributed by atoms with E-state index in [1.807, 2.05) is 13.8 Å². The first kappa shape index (κ1) is 42.6. The Labute approximate surface area is 262 Å². The number of rotatable bonds is 18. The third-order valence-electron chi connectivity index (χ3n) is 5.66. The fraction of sp³-hybridized carbons (Fsp3) is 0.636. The van der Waals surface area contributed by atoms with E-state index >= 15 is 0 Å². The molecule has 1 aromatic rings. The summed E-state index contributed by atoms with van der Waals surface area (Å²) < 4.78 is 21.4. The van der Waals surface area contributed by atoms with E-state index in [1.54, 1.807) is 25.6 Å². The first-order chi connectivity index (χ1) is 20.0. The maximum Gasteiger partial charge on any atom is 0.331 e. The van der Waals surface area contributed by atoms with E-state index < -0.39 is 7.60 Å². The minimum atomic E-state index is -2.84. The molecule has 0 unspecified atom stereocenters. The molecule has 0 aliphatic rings. The molecule has 9 heteroatoms. The highest BCUT2D eigenvalue weighted by molar-refractivity contribution is 8.03. The molecule has 0 aliphatic heterocycles. The number of nitrogens with zero attached hydrogens (tertiary/aromatic N) is 1. The van der Waals surface area contributed by atoms with Crippen molar-refractivity contribution in [1.82, 2.24) is 4.90 Å². The van der Waals surface area contributed by atoms with E-state index in [2.05, 4.69) is 82.9 Å². The molecule has 42 heavy (non-hydrogen) atoms. The molecule has 5 N–H and O–H groups in total. The minimum absolute atomic E-state index is 0.0987. The SMILES string of the molecule is C/C=C(\C=C/CC)CN(CCO)/C(Sc1cc(C)cc(CC)c1)=C(\N)CC(C)C.CC.CCOP(=O)(CCN)OCC. The van der Waals surface area contributed by atoms with Gasteiger partial charge in [-0.1, -0.05) is 77.6 Å². The first-order valence-electron chi connectivity index (χ1n) is 15.5. The summed E-state index contributed by atoms with van der Waals surface area (Å²) in [6.07, 6.45) is 9.65. The predicted molar refractivity (Wildman–Crippen MR) is 185 cm³/mol. The van der Waals surface area contributed by atoms with Gasteiger partial charge in [0.25, 0.3) is 0 Å². The van der Waals surface area contributed by atoms with Gasteiger partial charge < -0.3 is 30.5 Å². The summed E-state index contributed by atoms with van der Waals surface area (Å²) in [6.45, 7) is 23.0. The van der Waals surface area contributed by atoms with Gasteiger partial charge in [0.1, 0.15) is 0 Å². The smallest absolute Gasteiger partial charge is 0.331 e. The van der Waals surface area contributed by atoms with Gasteiger partial charge in [-0.2, -0.15) is 0 Å². The summed E-state index contributed by atoms with van der Waals surface area (Å²) in [6, 6.07) is 6.71. The second kappa shape index (κ2) is 25.9. The Bertz CT molecular complexity index is 956. The summed E-state index contributed by atoms with van der Waals surface area (Å²) >= 11 is 1.73. The number of benzene rings is 1. The number of aryl methyl sites for hydroxylation is 2. The Kier molecular flexibility index (Phi) is 26.3. The second-order valence-electron chi connectivity index (χ2n) is 9.82. The van der Waals surface area contributed by atoms with Gasteiger partial charge in [0.05, 0.1) is 31.0 Å². The van der Waals surface area contributed by atoms with E-state index in [4.69, 9.17) is 20.5 Å². The van der Waals surface area contributed by atoms with Gasteiger partial charge in [-0.25, -0.2) is 0 Å². The highest BCUT2D eigenvalue weighted by atomic mass is 32.2. The van der Waals surface area contributed by atoms with Crippen molar-refractivity contribution in [2.45, 2.75) is 93.4 Å². The molecule has 1 rings (SSSR count). The van der Waals surface area contributed by atoms with Gasteiger partial charge >= 0.3 is 7.60 Å². The summed E-state index contributed by atoms with van der Waals surface area (Å²) in [5.41, 5.74) is 16.6. The summed E-state index contributed by atoms with van der Waals surface area (Å²) in [7, 11) is -2.84. The number of hydrogen-bond acceptors (Lipinski definition) is 8. The van der Waals surface area contributed by atoms with E-state index in [9.17, 15) is 9.67 Å². The van der Waals surface area contributed by atoms with Crippen LogP contribution in [-0.4, -0.2) is 55.6 Å². The van der Waals surface area contributed by atoms with Crippen molar-refractivity contribution < 1.29 is 18.7 Å². The molecular weight excluding hydrogens is 565 g/mol. The molecule has 0 saturated carbocycles. The first-order valence-corrected chi connectivity index (χ1v) is 18.1. The largest absolute Gasteiger partial charge is 0.400 e. The van der Waals surface area contributed by atoms with Crippen LogP contribution in [0.1, 0.15) is 86.3 Å². The topological polar surface area (TPSA) is 111 Å². The van der Waals surface area contributed by atoms with Crippen molar-refractivity contribution in [3.05, 3.63) is 63.9 Å². The zero-order chi connectivity index (χ0) is 32.6. The lowest BCUT2D eigenvalue weighted by molar-refractivity contribution is 0.221. The molecule has 0 atom stereocenters. The van der Waals surface area contributed by atoms with Crippen LogP contribution >= 0.6 is 19.4 Å². The molecule has 7 nitrogen and oxygen atoms in total. The molecule has 244 valence electrons. The van der Waals surface area contributed by atoms with Crippen LogP contribution in [0.15, 0.2) is 57.6 Å². The fourth-order valence-corrected chi connectivity index (χ4v) is 6.49. The number of aliphatic hydroxyl groups is 1. The second-order valence-corrected chi connectivity index (χ2v) is 13.1. The van der Waals surface area contributed by atoms with Crippen molar-refractivity contribution >= 4 is 19.4 Å². The number of nitrogens with two attached hydrogens (primary N) is 2. The number of thioether (sulfide) groups is 1. The molecule has 0 saturated heterocycles. The summed E-state index contributed by atoms with van der Waals surface area (Å²) in [5, 5.41) is 10.8. The monoisotopic (exact) mass is 627 g/mol. The summed E-state index contributed by atoms with van der Waals surface area (Å²) in [5.74, 6) is 0.478. The standard InChI is InChI=1S/C25H40N2OS.C6H16NO3P.C2H6/c1-7-10-11-21(8-2)18-27(12-13-28)25(24(26)14-19(4)5)29-23-16-20(6)15-22(9-3)17-23;1-3-9-11(8,6-5-7)10-4-2;1-2/h8,10-11,15-17,19,28H,7,9,12-14,18,26H2,1-6H3;3-7H2,1-2H3;1-2H3/b11-10-,21-8+,25-24+;;. The van der Waals surface area contributed by atoms with Crippen LogP contribution in [0.2, 0.25) is 0 Å². The van der Waals surface area contributed by atoms with Crippen LogP contribution in [-0.2, 0) is 20.0 Å². The molecule has 0 amide bonds. The van der Waals surface area contributed by atoms with Gasteiger partial charge in [-0.3, -0.25) is 4.57 Å². The van der Waals surface area contributed by atoms with E-state index in [0.717, 1.165) is 36.5 Å². The van der Waals surface area contributed by atoms with Gasteiger partial charge in [0, 0.05) is 30.2 Å². The van der Waals surface area contributed by atoms with Gasteiger partial charge in [-0.15, -0.1) is 0 Å². The Morgan fingerprint density at radius 1 is 1.12 bits per heavy atom. The predicted octanol–water partition coefficient (Wildman–Crippen LogP) is 8.27. The Hall–Kier alpha value is -1.54. The lowest BCUT2D eigenvalue weighted by Crippen LogP contribution is -2.29. The van der Waals surface area contributed by atoms with Crippen LogP contribution < -0.4 is 11.5 Å². The van der Waals surface area contributed by atoms with E-state index in [1.165, 1.54) is 21.6 Å². The molecule has 0 aromatic heterocycles. The van der Waals surface area contributed by atoms with Crippen LogP contribution in [0.25, 0.3) is 0 Å². The third kappa shape index (κ3) is 18.9. The Morgan fingerprint density at radius 2 is 1.74 bits per heavy atom. The minimum Gasteiger partial charge on any atom is -0.400 e. The normalized spacial score (nSPS) is 12.5.